The van der Waals surface area contributed by atoms with Crippen molar-refractivity contribution in [1.29, 1.82) is 0 Å². The Kier molecular flexibility index (Phi) is 3.91. The van der Waals surface area contributed by atoms with Gasteiger partial charge in [0.15, 0.2) is 0 Å². The summed E-state index contributed by atoms with van der Waals surface area (Å²) in [5.41, 5.74) is 0.665. The minimum absolute atomic E-state index is 0.0214. The lowest BCUT2D eigenvalue weighted by atomic mass is 10.2. The Morgan fingerprint density at radius 3 is 2.89 bits per heavy atom. The van der Waals surface area contributed by atoms with Gasteiger partial charge in [-0.3, -0.25) is 0 Å². The van der Waals surface area contributed by atoms with E-state index in [1.807, 2.05) is 0 Å². The van der Waals surface area contributed by atoms with Crippen molar-refractivity contribution >= 4 is 41.1 Å². The number of hydrogen-bond acceptors (Lipinski definition) is 5. The third-order valence-electron chi connectivity index (χ3n) is 1.91. The molecule has 1 heterocycles. The van der Waals surface area contributed by atoms with Gasteiger partial charge >= 0.3 is 0 Å². The molecule has 0 aliphatic rings. The number of nitrogens with one attached hydrogen (secondary N) is 1. The number of benzene rings is 1. The second kappa shape index (κ2) is 5.61. The zero-order valence-corrected chi connectivity index (χ0v) is 10.4. The summed E-state index contributed by atoms with van der Waals surface area (Å²) in [5, 5.41) is 24.9. The monoisotopic (exact) mass is 282 g/mol. The third-order valence-corrected chi connectivity index (χ3v) is 2.47. The van der Waals surface area contributed by atoms with Crippen LogP contribution < -0.4 is 5.11 Å². The fraction of sp³-hybridized carbons (Fsp3) is 0. The Labute approximate surface area is 112 Å². The molecule has 1 aromatic carbocycles. The molecule has 0 unspecified atom stereocenters. The highest BCUT2D eigenvalue weighted by molar-refractivity contribution is 6.35. The summed E-state index contributed by atoms with van der Waals surface area (Å²) in [7, 11) is 0. The number of aliphatic imine (C=N–C) groups is 1. The van der Waals surface area contributed by atoms with Crippen LogP contribution in [0.3, 0.4) is 0 Å². The third kappa shape index (κ3) is 3.28. The van der Waals surface area contributed by atoms with Gasteiger partial charge in [-0.25, -0.2) is 4.99 Å². The van der Waals surface area contributed by atoms with Gasteiger partial charge in [-0.1, -0.05) is 46.5 Å². The summed E-state index contributed by atoms with van der Waals surface area (Å²) in [5.74, 6) is -0.533. The van der Waals surface area contributed by atoms with Crippen molar-refractivity contribution in [3.8, 4) is 0 Å². The summed E-state index contributed by atoms with van der Waals surface area (Å²) >= 11 is 11.7. The first-order chi connectivity index (χ1) is 8.65. The van der Waals surface area contributed by atoms with E-state index in [4.69, 9.17) is 23.2 Å². The van der Waals surface area contributed by atoms with Crippen molar-refractivity contribution in [2.24, 2.45) is 4.99 Å². The number of nitrogens with zero attached hydrogens (tertiary/aromatic N) is 4. The van der Waals surface area contributed by atoms with Gasteiger partial charge in [0.1, 0.15) is 0 Å². The molecular formula is C10H6Cl2N5O-. The quantitative estimate of drug-likeness (QED) is 0.684. The zero-order valence-electron chi connectivity index (χ0n) is 8.84. The van der Waals surface area contributed by atoms with E-state index in [0.717, 1.165) is 0 Å². The fourth-order valence-corrected chi connectivity index (χ4v) is 1.61. The minimum Gasteiger partial charge on any atom is -0.859 e. The average Bonchev–Trinajstić information content (AvgIpc) is 2.80. The van der Waals surface area contributed by atoms with Crippen LogP contribution in [0.5, 0.6) is 0 Å². The summed E-state index contributed by atoms with van der Waals surface area (Å²) in [4.78, 5) is 3.57. The van der Waals surface area contributed by atoms with Crippen LogP contribution in [0.1, 0.15) is 5.56 Å². The van der Waals surface area contributed by atoms with E-state index in [-0.39, 0.29) is 5.95 Å². The maximum absolute atomic E-state index is 11.4. The minimum atomic E-state index is -0.512. The van der Waals surface area contributed by atoms with Crippen LogP contribution in [0.2, 0.25) is 10.0 Å². The molecule has 2 rings (SSSR count). The fourth-order valence-electron chi connectivity index (χ4n) is 1.14. The molecule has 0 aliphatic heterocycles. The molecule has 1 aromatic heterocycles. The highest BCUT2D eigenvalue weighted by atomic mass is 35.5. The molecule has 0 fully saturated rings. The molecule has 92 valence electrons. The number of tetrazole rings is 1. The highest BCUT2D eigenvalue weighted by Crippen LogP contribution is 2.21. The molecule has 18 heavy (non-hydrogen) atoms. The van der Waals surface area contributed by atoms with Crippen LogP contribution in [-0.4, -0.2) is 26.5 Å². The number of halogens is 2. The van der Waals surface area contributed by atoms with Crippen molar-refractivity contribution in [3.63, 3.8) is 0 Å². The lowest BCUT2D eigenvalue weighted by Gasteiger charge is -2.03. The van der Waals surface area contributed by atoms with Crippen molar-refractivity contribution in [2.45, 2.75) is 0 Å². The molecule has 0 spiro atoms. The number of aromatic amines is 1. The van der Waals surface area contributed by atoms with Gasteiger partial charge < -0.3 is 5.11 Å². The van der Waals surface area contributed by atoms with Gasteiger partial charge in [0, 0.05) is 10.0 Å². The van der Waals surface area contributed by atoms with E-state index < -0.39 is 5.90 Å². The molecule has 1 N–H and O–H groups in total. The van der Waals surface area contributed by atoms with Gasteiger partial charge in [-0.2, -0.15) is 5.21 Å². The maximum Gasteiger partial charge on any atom is 0.288 e. The van der Waals surface area contributed by atoms with E-state index in [9.17, 15) is 5.11 Å². The standard InChI is InChI=1S/C10H7Cl2N5O/c11-7-3-1-6(8(12)5-7)2-4-9(18)13-10-14-16-17-15-10/h1-5H,(H2,13,14,15,16,17,18)/p-1. The Bertz CT molecular complexity index is 594. The lowest BCUT2D eigenvalue weighted by Crippen LogP contribution is -2.13. The predicted molar refractivity (Wildman–Crippen MR) is 66.8 cm³/mol. The second-order valence-corrected chi connectivity index (χ2v) is 4.00. The molecule has 0 saturated heterocycles. The summed E-state index contributed by atoms with van der Waals surface area (Å²) in [6.07, 6.45) is 2.79. The second-order valence-electron chi connectivity index (χ2n) is 3.16. The summed E-state index contributed by atoms with van der Waals surface area (Å²) in [6.45, 7) is 0. The SMILES string of the molecule is [O-]C(C=Cc1ccc(Cl)cc1Cl)=Nc1nn[nH]n1. The van der Waals surface area contributed by atoms with Crippen molar-refractivity contribution in [3.05, 3.63) is 39.9 Å². The van der Waals surface area contributed by atoms with Crippen LogP contribution in [0, 0.1) is 0 Å². The van der Waals surface area contributed by atoms with Gasteiger partial charge in [0.25, 0.3) is 5.95 Å². The summed E-state index contributed by atoms with van der Waals surface area (Å²) in [6, 6.07) is 4.96. The smallest absolute Gasteiger partial charge is 0.288 e. The largest absolute Gasteiger partial charge is 0.859 e. The van der Waals surface area contributed by atoms with E-state index in [2.05, 4.69) is 25.6 Å². The number of aromatic nitrogens is 4. The Hall–Kier alpha value is -1.92. The van der Waals surface area contributed by atoms with Gasteiger partial charge in [-0.05, 0) is 28.8 Å². The first kappa shape index (κ1) is 12.5. The van der Waals surface area contributed by atoms with Crippen LogP contribution in [0.4, 0.5) is 5.95 Å². The van der Waals surface area contributed by atoms with Crippen LogP contribution in [0.25, 0.3) is 6.08 Å². The number of H-pyrrole nitrogens is 1. The topological polar surface area (TPSA) is 89.9 Å². The summed E-state index contributed by atoms with van der Waals surface area (Å²) < 4.78 is 0. The van der Waals surface area contributed by atoms with Gasteiger partial charge in [0.2, 0.25) is 0 Å². The van der Waals surface area contributed by atoms with Crippen molar-refractivity contribution in [2.75, 3.05) is 0 Å². The first-order valence-electron chi connectivity index (χ1n) is 4.77. The lowest BCUT2D eigenvalue weighted by molar-refractivity contribution is -0.211. The maximum atomic E-state index is 11.4. The van der Waals surface area contributed by atoms with E-state index in [1.54, 1.807) is 18.2 Å². The Morgan fingerprint density at radius 2 is 2.22 bits per heavy atom. The Morgan fingerprint density at radius 1 is 1.39 bits per heavy atom. The van der Waals surface area contributed by atoms with Crippen LogP contribution >= 0.6 is 23.2 Å². The van der Waals surface area contributed by atoms with Crippen molar-refractivity contribution < 1.29 is 5.11 Å². The predicted octanol–water partition coefficient (Wildman–Crippen LogP) is 1.61. The van der Waals surface area contributed by atoms with E-state index in [1.165, 1.54) is 12.2 Å². The van der Waals surface area contributed by atoms with Crippen molar-refractivity contribution in [1.82, 2.24) is 20.6 Å². The molecule has 8 heteroatoms. The van der Waals surface area contributed by atoms with E-state index in [0.29, 0.717) is 15.6 Å². The molecule has 0 atom stereocenters. The number of rotatable bonds is 3. The van der Waals surface area contributed by atoms with Crippen LogP contribution in [-0.2, 0) is 0 Å². The number of hydrogen-bond donors (Lipinski definition) is 1. The zero-order chi connectivity index (χ0) is 13.0. The van der Waals surface area contributed by atoms with Crippen LogP contribution in [0.15, 0.2) is 29.3 Å². The van der Waals surface area contributed by atoms with Gasteiger partial charge in [0.05, 0.1) is 0 Å². The molecule has 0 radical (unpaired) electrons. The molecule has 0 saturated carbocycles. The highest BCUT2D eigenvalue weighted by Gasteiger charge is 1.97. The molecule has 6 nitrogen and oxygen atoms in total. The Balaban J connectivity index is 2.15. The average molecular weight is 283 g/mol. The molecule has 0 bridgehead atoms. The normalized spacial score (nSPS) is 12.2. The molecule has 0 aliphatic carbocycles. The molecular weight excluding hydrogens is 277 g/mol. The van der Waals surface area contributed by atoms with E-state index >= 15 is 0 Å². The molecule has 2 aromatic rings. The first-order valence-corrected chi connectivity index (χ1v) is 5.53. The van der Waals surface area contributed by atoms with Gasteiger partial charge in [-0.15, -0.1) is 5.10 Å². The molecule has 0 amide bonds.